The van der Waals surface area contributed by atoms with Gasteiger partial charge in [0.15, 0.2) is 0 Å². The van der Waals surface area contributed by atoms with E-state index in [2.05, 4.69) is 37.3 Å². The molecule has 0 bridgehead atoms. The predicted molar refractivity (Wildman–Crippen MR) is 93.1 cm³/mol. The molecule has 0 saturated heterocycles. The van der Waals surface area contributed by atoms with Crippen LogP contribution < -0.4 is 4.90 Å². The summed E-state index contributed by atoms with van der Waals surface area (Å²) in [7, 11) is 3.98. The first-order valence-electron chi connectivity index (χ1n) is 7.85. The van der Waals surface area contributed by atoms with Crippen LogP contribution in [-0.2, 0) is 5.41 Å². The molecule has 3 rings (SSSR count). The number of nitro benzene ring substituents is 1. The first-order valence-corrected chi connectivity index (χ1v) is 7.85. The fourth-order valence-electron chi connectivity index (χ4n) is 3.63. The quantitative estimate of drug-likeness (QED) is 0.633. The van der Waals surface area contributed by atoms with Gasteiger partial charge in [-0.25, -0.2) is 0 Å². The second-order valence-corrected chi connectivity index (χ2v) is 6.54. The highest BCUT2D eigenvalue weighted by Gasteiger charge is 2.64. The molecule has 0 spiro atoms. The Morgan fingerprint density at radius 3 is 2.17 bits per heavy atom. The molecule has 0 radical (unpaired) electrons. The van der Waals surface area contributed by atoms with Gasteiger partial charge in [-0.05, 0) is 29.2 Å². The fourth-order valence-corrected chi connectivity index (χ4v) is 3.63. The minimum atomic E-state index is -0.602. The van der Waals surface area contributed by atoms with Gasteiger partial charge in [0, 0.05) is 37.8 Å². The maximum absolute atomic E-state index is 10.8. The average molecular weight is 321 g/mol. The van der Waals surface area contributed by atoms with Crippen LogP contribution in [-0.4, -0.2) is 19.0 Å². The van der Waals surface area contributed by atoms with E-state index >= 15 is 0 Å². The molecule has 1 fully saturated rings. The number of nitro groups is 1. The van der Waals surface area contributed by atoms with Crippen LogP contribution in [0.15, 0.2) is 48.5 Å². The molecule has 3 unspecified atom stereocenters. The predicted octanol–water partition coefficient (Wildman–Crippen LogP) is 3.86. The Bertz CT molecular complexity index is 806. The van der Waals surface area contributed by atoms with Crippen molar-refractivity contribution in [2.24, 2.45) is 5.92 Å². The van der Waals surface area contributed by atoms with Gasteiger partial charge in [0.1, 0.15) is 0 Å². The summed E-state index contributed by atoms with van der Waals surface area (Å²) in [5.41, 5.74) is 2.55. The molecule has 0 N–H and O–H groups in total. The smallest absolute Gasteiger partial charge is 0.269 e. The molecule has 5 heteroatoms. The average Bonchev–Trinajstić information content (AvgIpc) is 3.20. The summed E-state index contributed by atoms with van der Waals surface area (Å²) in [5.74, 6) is 0.286. The molecule has 0 heterocycles. The van der Waals surface area contributed by atoms with E-state index in [1.807, 2.05) is 19.0 Å². The van der Waals surface area contributed by atoms with Gasteiger partial charge in [-0.15, -0.1) is 0 Å². The van der Waals surface area contributed by atoms with Crippen molar-refractivity contribution in [2.75, 3.05) is 19.0 Å². The summed E-state index contributed by atoms with van der Waals surface area (Å²) < 4.78 is 0. The second kappa shape index (κ2) is 5.64. The number of rotatable bonds is 4. The molecular formula is C19H19N3O2. The van der Waals surface area contributed by atoms with Crippen molar-refractivity contribution in [3.8, 4) is 6.07 Å². The fraction of sp³-hybridized carbons (Fsp3) is 0.316. The van der Waals surface area contributed by atoms with E-state index in [0.29, 0.717) is 0 Å². The minimum Gasteiger partial charge on any atom is -0.378 e. The van der Waals surface area contributed by atoms with E-state index in [-0.39, 0.29) is 17.5 Å². The van der Waals surface area contributed by atoms with Crippen molar-refractivity contribution in [3.05, 3.63) is 69.8 Å². The second-order valence-electron chi connectivity index (χ2n) is 6.54. The van der Waals surface area contributed by atoms with E-state index in [1.165, 1.54) is 12.1 Å². The maximum atomic E-state index is 10.8. The van der Waals surface area contributed by atoms with E-state index in [4.69, 9.17) is 0 Å². The Morgan fingerprint density at radius 1 is 1.12 bits per heavy atom. The summed E-state index contributed by atoms with van der Waals surface area (Å²) in [6, 6.07) is 17.1. The van der Waals surface area contributed by atoms with Gasteiger partial charge < -0.3 is 4.90 Å². The lowest BCUT2D eigenvalue weighted by Crippen LogP contribution is -2.09. The standard InChI is InChI=1S/C19H19N3O2/c1-13-18(14-4-8-16(9-5-14)21(2)3)19(13,12-20)15-6-10-17(11-7-15)22(23)24/h4-11,13,18H,1-3H3. The van der Waals surface area contributed by atoms with Crippen molar-refractivity contribution < 1.29 is 4.92 Å². The van der Waals surface area contributed by atoms with Gasteiger partial charge >= 0.3 is 0 Å². The van der Waals surface area contributed by atoms with Crippen LogP contribution in [0.25, 0.3) is 0 Å². The molecule has 2 aromatic rings. The molecule has 0 aliphatic heterocycles. The van der Waals surface area contributed by atoms with Gasteiger partial charge in [0.2, 0.25) is 0 Å². The van der Waals surface area contributed by atoms with Gasteiger partial charge in [0.25, 0.3) is 5.69 Å². The zero-order valence-electron chi connectivity index (χ0n) is 13.9. The lowest BCUT2D eigenvalue weighted by molar-refractivity contribution is -0.384. The zero-order chi connectivity index (χ0) is 17.5. The van der Waals surface area contributed by atoms with Crippen LogP contribution in [0.2, 0.25) is 0 Å². The highest BCUT2D eigenvalue weighted by atomic mass is 16.6. The molecule has 122 valence electrons. The highest BCUT2D eigenvalue weighted by Crippen LogP contribution is 2.65. The topological polar surface area (TPSA) is 70.2 Å². The molecule has 1 aliphatic rings. The first kappa shape index (κ1) is 16.0. The Labute approximate surface area is 141 Å². The third kappa shape index (κ3) is 2.31. The summed E-state index contributed by atoms with van der Waals surface area (Å²) in [6.07, 6.45) is 0. The summed E-state index contributed by atoms with van der Waals surface area (Å²) in [6.45, 7) is 2.06. The summed E-state index contributed by atoms with van der Waals surface area (Å²) in [5, 5.41) is 20.7. The van der Waals surface area contributed by atoms with Crippen LogP contribution in [0.1, 0.15) is 24.0 Å². The van der Waals surface area contributed by atoms with Crippen LogP contribution >= 0.6 is 0 Å². The van der Waals surface area contributed by atoms with E-state index < -0.39 is 10.3 Å². The molecule has 5 nitrogen and oxygen atoms in total. The van der Waals surface area contributed by atoms with Crippen LogP contribution in [0.3, 0.4) is 0 Å². The monoisotopic (exact) mass is 321 g/mol. The molecule has 2 aromatic carbocycles. The number of benzene rings is 2. The van der Waals surface area contributed by atoms with Crippen LogP contribution in [0.5, 0.6) is 0 Å². The molecule has 1 aliphatic carbocycles. The Balaban J connectivity index is 1.94. The van der Waals surface area contributed by atoms with Crippen molar-refractivity contribution in [1.82, 2.24) is 0 Å². The van der Waals surface area contributed by atoms with E-state index in [0.717, 1.165) is 16.8 Å². The Hall–Kier alpha value is -2.87. The molecule has 1 saturated carbocycles. The first-order chi connectivity index (χ1) is 11.4. The van der Waals surface area contributed by atoms with Gasteiger partial charge in [0.05, 0.1) is 16.4 Å². The van der Waals surface area contributed by atoms with Crippen LogP contribution in [0, 0.1) is 27.4 Å². The van der Waals surface area contributed by atoms with Gasteiger partial charge in [-0.2, -0.15) is 5.26 Å². The Morgan fingerprint density at radius 2 is 1.71 bits per heavy atom. The van der Waals surface area contributed by atoms with Crippen molar-refractivity contribution in [2.45, 2.75) is 18.3 Å². The third-order valence-corrected chi connectivity index (χ3v) is 5.11. The lowest BCUT2D eigenvalue weighted by Gasteiger charge is -2.13. The van der Waals surface area contributed by atoms with Crippen molar-refractivity contribution in [3.63, 3.8) is 0 Å². The Kier molecular flexibility index (Phi) is 3.76. The molecule has 0 aromatic heterocycles. The van der Waals surface area contributed by atoms with E-state index in [9.17, 15) is 15.4 Å². The minimum absolute atomic E-state index is 0.0482. The molecule has 24 heavy (non-hydrogen) atoms. The number of non-ortho nitro benzene ring substituents is 1. The normalized spacial score (nSPS) is 24.9. The molecule has 0 amide bonds. The van der Waals surface area contributed by atoms with Crippen LogP contribution in [0.4, 0.5) is 11.4 Å². The lowest BCUT2D eigenvalue weighted by atomic mass is 9.91. The zero-order valence-corrected chi connectivity index (χ0v) is 13.9. The number of nitriles is 1. The highest BCUT2D eigenvalue weighted by molar-refractivity contribution is 5.55. The summed E-state index contributed by atoms with van der Waals surface area (Å²) in [4.78, 5) is 12.4. The van der Waals surface area contributed by atoms with Crippen molar-refractivity contribution >= 4 is 11.4 Å². The molecular weight excluding hydrogens is 302 g/mol. The van der Waals surface area contributed by atoms with Gasteiger partial charge in [-0.3, -0.25) is 10.1 Å². The largest absolute Gasteiger partial charge is 0.378 e. The number of hydrogen-bond acceptors (Lipinski definition) is 4. The van der Waals surface area contributed by atoms with Gasteiger partial charge in [-0.1, -0.05) is 31.2 Å². The number of nitrogens with zero attached hydrogens (tertiary/aromatic N) is 3. The summed E-state index contributed by atoms with van der Waals surface area (Å²) >= 11 is 0. The molecule has 3 atom stereocenters. The van der Waals surface area contributed by atoms with E-state index in [1.54, 1.807) is 12.1 Å². The maximum Gasteiger partial charge on any atom is 0.269 e. The third-order valence-electron chi connectivity index (χ3n) is 5.11. The van der Waals surface area contributed by atoms with Crippen molar-refractivity contribution in [1.29, 1.82) is 5.26 Å². The number of hydrogen-bond donors (Lipinski definition) is 0. The number of anilines is 1. The SMILES string of the molecule is CC1C(c2ccc(N(C)C)cc2)C1(C#N)c1ccc([N+](=O)[O-])cc1.